The average Bonchev–Trinajstić information content (AvgIpc) is 2.85. The van der Waals surface area contributed by atoms with Gasteiger partial charge < -0.3 is 15.4 Å². The van der Waals surface area contributed by atoms with Gasteiger partial charge in [0.15, 0.2) is 0 Å². The first-order chi connectivity index (χ1) is 13.0. The molecular formula is C20H30N4O3. The topological polar surface area (TPSA) is 88.8 Å². The minimum atomic E-state index is -0.538. The summed E-state index contributed by atoms with van der Waals surface area (Å²) in [7, 11) is 1.66. The molecule has 0 spiro atoms. The number of nitrogens with zero attached hydrogens (tertiary/aromatic N) is 3. The van der Waals surface area contributed by atoms with Gasteiger partial charge in [0, 0.05) is 52.1 Å². The summed E-state index contributed by atoms with van der Waals surface area (Å²) in [5.41, 5.74) is 6.25. The largest absolute Gasteiger partial charge is 0.378 e. The molecule has 1 aromatic heterocycles. The second kappa shape index (κ2) is 8.35. The fraction of sp³-hybridized carbons (Fsp3) is 0.650. The van der Waals surface area contributed by atoms with Gasteiger partial charge in [0.2, 0.25) is 11.8 Å². The highest BCUT2D eigenvalue weighted by Gasteiger charge is 2.53. The molecular weight excluding hydrogens is 344 g/mol. The van der Waals surface area contributed by atoms with Crippen LogP contribution in [0.5, 0.6) is 0 Å². The third-order valence-corrected chi connectivity index (χ3v) is 6.17. The smallest absolute Gasteiger partial charge is 0.237 e. The van der Waals surface area contributed by atoms with E-state index < -0.39 is 5.54 Å². The summed E-state index contributed by atoms with van der Waals surface area (Å²) in [5.74, 6) is -0.231. The van der Waals surface area contributed by atoms with E-state index >= 15 is 0 Å². The molecule has 3 heterocycles. The van der Waals surface area contributed by atoms with E-state index in [1.54, 1.807) is 31.3 Å². The van der Waals surface area contributed by atoms with Crippen LogP contribution in [-0.2, 0) is 20.9 Å². The molecule has 2 bridgehead atoms. The Morgan fingerprint density at radius 1 is 1.44 bits per heavy atom. The summed E-state index contributed by atoms with van der Waals surface area (Å²) in [6.07, 6.45) is 8.10. The highest BCUT2D eigenvalue weighted by Crippen LogP contribution is 2.44. The summed E-state index contributed by atoms with van der Waals surface area (Å²) in [4.78, 5) is 32.6. The van der Waals surface area contributed by atoms with Crippen LogP contribution in [0.1, 0.15) is 44.6 Å². The lowest BCUT2D eigenvalue weighted by molar-refractivity contribution is -0.136. The number of carbonyl (C=O) groups excluding carboxylic acids is 2. The van der Waals surface area contributed by atoms with Crippen molar-refractivity contribution in [2.75, 3.05) is 20.2 Å². The molecule has 3 atom stereocenters. The summed E-state index contributed by atoms with van der Waals surface area (Å²) < 4.78 is 5.72. The van der Waals surface area contributed by atoms with Crippen molar-refractivity contribution >= 4 is 11.8 Å². The SMILES string of the molecule is COC(CN(Cc1cccnc1)C(C)=O)CN1[C@@H]2CCC[C@@]1(C(N)=O)CC2. The Bertz CT molecular complexity index is 664. The third kappa shape index (κ3) is 4.14. The summed E-state index contributed by atoms with van der Waals surface area (Å²) >= 11 is 0. The van der Waals surface area contributed by atoms with E-state index in [-0.39, 0.29) is 17.9 Å². The van der Waals surface area contributed by atoms with Gasteiger partial charge >= 0.3 is 0 Å². The number of piperidine rings is 1. The number of nitrogens with two attached hydrogens (primary N) is 1. The van der Waals surface area contributed by atoms with Crippen LogP contribution >= 0.6 is 0 Å². The predicted molar refractivity (Wildman–Crippen MR) is 102 cm³/mol. The van der Waals surface area contributed by atoms with E-state index in [4.69, 9.17) is 10.5 Å². The first-order valence-electron chi connectivity index (χ1n) is 9.70. The second-order valence-corrected chi connectivity index (χ2v) is 7.75. The molecule has 2 fully saturated rings. The van der Waals surface area contributed by atoms with Crippen molar-refractivity contribution in [3.05, 3.63) is 30.1 Å². The zero-order chi connectivity index (χ0) is 19.4. The summed E-state index contributed by atoms with van der Waals surface area (Å²) in [6.45, 7) is 3.14. The summed E-state index contributed by atoms with van der Waals surface area (Å²) in [6, 6.07) is 4.20. The van der Waals surface area contributed by atoms with Crippen molar-refractivity contribution in [1.82, 2.24) is 14.8 Å². The second-order valence-electron chi connectivity index (χ2n) is 7.75. The zero-order valence-electron chi connectivity index (χ0n) is 16.3. The van der Waals surface area contributed by atoms with Gasteiger partial charge in [-0.1, -0.05) is 6.07 Å². The van der Waals surface area contributed by atoms with Crippen LogP contribution in [0.2, 0.25) is 0 Å². The lowest BCUT2D eigenvalue weighted by atomic mass is 9.87. The van der Waals surface area contributed by atoms with Gasteiger partial charge in [-0.3, -0.25) is 19.5 Å². The van der Waals surface area contributed by atoms with Crippen molar-refractivity contribution in [2.45, 2.75) is 63.3 Å². The van der Waals surface area contributed by atoms with Crippen LogP contribution in [0.4, 0.5) is 0 Å². The highest BCUT2D eigenvalue weighted by atomic mass is 16.5. The molecule has 0 aliphatic carbocycles. The highest BCUT2D eigenvalue weighted by molar-refractivity contribution is 5.85. The molecule has 7 heteroatoms. The Kier molecular flexibility index (Phi) is 6.11. The van der Waals surface area contributed by atoms with E-state index in [0.29, 0.717) is 25.7 Å². The number of fused-ring (bicyclic) bond motifs is 2. The molecule has 2 aliphatic rings. The molecule has 0 radical (unpaired) electrons. The van der Waals surface area contributed by atoms with Crippen molar-refractivity contribution in [3.63, 3.8) is 0 Å². The first-order valence-corrected chi connectivity index (χ1v) is 9.70. The first kappa shape index (κ1) is 19.8. The molecule has 2 N–H and O–H groups in total. The standard InChI is InChI=1S/C20H30N4O3/c1-15(25)23(12-16-5-4-10-22-11-16)13-18(27-2)14-24-17-6-3-8-20(24,9-7-17)19(21)26/h4-5,10-11,17-18H,3,6-9,12-14H2,1-2H3,(H2,21,26)/t17-,18?,20+/m1/s1. The molecule has 3 rings (SSSR count). The molecule has 7 nitrogen and oxygen atoms in total. The number of methoxy groups -OCH3 is 1. The Labute approximate surface area is 160 Å². The molecule has 1 aromatic rings. The summed E-state index contributed by atoms with van der Waals surface area (Å²) in [5, 5.41) is 0. The van der Waals surface area contributed by atoms with Gasteiger partial charge in [0.05, 0.1) is 6.10 Å². The lowest BCUT2D eigenvalue weighted by Crippen LogP contribution is -2.60. The Balaban J connectivity index is 1.70. The fourth-order valence-electron chi connectivity index (χ4n) is 4.65. The van der Waals surface area contributed by atoms with E-state index in [0.717, 1.165) is 37.7 Å². The maximum absolute atomic E-state index is 12.3. The van der Waals surface area contributed by atoms with E-state index in [9.17, 15) is 9.59 Å². The molecule has 2 amide bonds. The normalized spacial score (nSPS) is 25.9. The molecule has 0 aromatic carbocycles. The van der Waals surface area contributed by atoms with Gasteiger partial charge in [0.1, 0.15) is 5.54 Å². The number of ether oxygens (including phenoxy) is 1. The van der Waals surface area contributed by atoms with Crippen LogP contribution < -0.4 is 5.73 Å². The Morgan fingerprint density at radius 2 is 2.26 bits per heavy atom. The van der Waals surface area contributed by atoms with E-state index in [1.807, 2.05) is 12.1 Å². The van der Waals surface area contributed by atoms with Crippen molar-refractivity contribution in [2.24, 2.45) is 5.73 Å². The number of hydrogen-bond acceptors (Lipinski definition) is 5. The van der Waals surface area contributed by atoms with E-state index in [2.05, 4.69) is 9.88 Å². The molecule has 0 saturated carbocycles. The van der Waals surface area contributed by atoms with Gasteiger partial charge in [-0.15, -0.1) is 0 Å². The number of hydrogen-bond donors (Lipinski definition) is 1. The van der Waals surface area contributed by atoms with Crippen LogP contribution in [0, 0.1) is 0 Å². The maximum atomic E-state index is 12.3. The molecule has 27 heavy (non-hydrogen) atoms. The average molecular weight is 374 g/mol. The van der Waals surface area contributed by atoms with Crippen molar-refractivity contribution in [1.29, 1.82) is 0 Å². The number of rotatable bonds is 8. The number of amides is 2. The molecule has 2 aliphatic heterocycles. The molecule has 148 valence electrons. The monoisotopic (exact) mass is 374 g/mol. The minimum absolute atomic E-state index is 0.00728. The van der Waals surface area contributed by atoms with Gasteiger partial charge in [-0.05, 0) is 43.7 Å². The molecule has 1 unspecified atom stereocenters. The van der Waals surface area contributed by atoms with E-state index in [1.165, 1.54) is 0 Å². The lowest BCUT2D eigenvalue weighted by Gasteiger charge is -2.44. The number of aromatic nitrogens is 1. The number of pyridine rings is 1. The Morgan fingerprint density at radius 3 is 2.89 bits per heavy atom. The third-order valence-electron chi connectivity index (χ3n) is 6.17. The number of carbonyl (C=O) groups is 2. The quantitative estimate of drug-likeness (QED) is 0.741. The maximum Gasteiger partial charge on any atom is 0.237 e. The van der Waals surface area contributed by atoms with Crippen LogP contribution in [0.3, 0.4) is 0 Å². The van der Waals surface area contributed by atoms with Crippen molar-refractivity contribution < 1.29 is 14.3 Å². The van der Waals surface area contributed by atoms with Crippen molar-refractivity contribution in [3.8, 4) is 0 Å². The fourth-order valence-corrected chi connectivity index (χ4v) is 4.65. The van der Waals surface area contributed by atoms with Crippen LogP contribution in [-0.4, -0.2) is 64.5 Å². The van der Waals surface area contributed by atoms with Gasteiger partial charge in [-0.2, -0.15) is 0 Å². The minimum Gasteiger partial charge on any atom is -0.378 e. The van der Waals surface area contributed by atoms with Gasteiger partial charge in [-0.25, -0.2) is 0 Å². The predicted octanol–water partition coefficient (Wildman–Crippen LogP) is 1.32. The zero-order valence-corrected chi connectivity index (χ0v) is 16.3. The Hall–Kier alpha value is -1.99. The van der Waals surface area contributed by atoms with Crippen LogP contribution in [0.15, 0.2) is 24.5 Å². The number of primary amides is 1. The van der Waals surface area contributed by atoms with Crippen LogP contribution in [0.25, 0.3) is 0 Å². The molecule has 2 saturated heterocycles. The van der Waals surface area contributed by atoms with Gasteiger partial charge in [0.25, 0.3) is 0 Å².